The zero-order chi connectivity index (χ0) is 22.8. The average molecular weight is 443 g/mol. The Balaban J connectivity index is 1.35. The lowest BCUT2D eigenvalue weighted by atomic mass is 10.1. The highest BCUT2D eigenvalue weighted by molar-refractivity contribution is 5.79. The fourth-order valence-corrected chi connectivity index (χ4v) is 3.46. The standard InChI is InChI=1S/C24H30N2O6/c1-3-30-19-8-10-20(11-9-19)31-16-23(27)25-18-12-14-26(15-13-18)24(28)17-32-22-7-5-4-6-21(22)29-2/h4-11,18H,3,12-17H2,1-2H3,(H,25,27). The number of ether oxygens (including phenoxy) is 4. The minimum Gasteiger partial charge on any atom is -0.494 e. The molecule has 0 aliphatic carbocycles. The molecule has 0 spiro atoms. The molecule has 2 aromatic carbocycles. The molecule has 0 radical (unpaired) electrons. The van der Waals surface area contributed by atoms with Gasteiger partial charge in [-0.2, -0.15) is 0 Å². The molecule has 8 nitrogen and oxygen atoms in total. The summed E-state index contributed by atoms with van der Waals surface area (Å²) in [5.74, 6) is 2.24. The van der Waals surface area contributed by atoms with Gasteiger partial charge in [-0.15, -0.1) is 0 Å². The Morgan fingerprint density at radius 1 is 0.906 bits per heavy atom. The van der Waals surface area contributed by atoms with Crippen molar-refractivity contribution in [1.82, 2.24) is 10.2 Å². The van der Waals surface area contributed by atoms with Crippen molar-refractivity contribution >= 4 is 11.8 Å². The van der Waals surface area contributed by atoms with E-state index < -0.39 is 0 Å². The van der Waals surface area contributed by atoms with Crippen LogP contribution in [0.4, 0.5) is 0 Å². The van der Waals surface area contributed by atoms with Crippen molar-refractivity contribution in [3.8, 4) is 23.0 Å². The van der Waals surface area contributed by atoms with Gasteiger partial charge in [0.2, 0.25) is 0 Å². The van der Waals surface area contributed by atoms with E-state index >= 15 is 0 Å². The third-order valence-corrected chi connectivity index (χ3v) is 5.14. The number of carbonyl (C=O) groups is 2. The molecule has 0 aromatic heterocycles. The zero-order valence-corrected chi connectivity index (χ0v) is 18.5. The Bertz CT molecular complexity index is 878. The number of carbonyl (C=O) groups excluding carboxylic acids is 2. The minimum atomic E-state index is -0.178. The molecule has 2 amide bonds. The molecule has 32 heavy (non-hydrogen) atoms. The lowest BCUT2D eigenvalue weighted by Gasteiger charge is -2.32. The first-order chi connectivity index (χ1) is 15.6. The van der Waals surface area contributed by atoms with Crippen molar-refractivity contribution in [2.45, 2.75) is 25.8 Å². The lowest BCUT2D eigenvalue weighted by molar-refractivity contribution is -0.134. The molecular weight excluding hydrogens is 412 g/mol. The molecule has 0 saturated carbocycles. The molecule has 0 atom stereocenters. The normalized spacial score (nSPS) is 13.9. The van der Waals surface area contributed by atoms with Crippen LogP contribution in [0.2, 0.25) is 0 Å². The van der Waals surface area contributed by atoms with Crippen LogP contribution < -0.4 is 24.3 Å². The first kappa shape index (κ1) is 23.2. The van der Waals surface area contributed by atoms with Crippen LogP contribution in [0.15, 0.2) is 48.5 Å². The first-order valence-electron chi connectivity index (χ1n) is 10.8. The molecule has 1 saturated heterocycles. The average Bonchev–Trinajstić information content (AvgIpc) is 2.83. The van der Waals surface area contributed by atoms with E-state index in [1.54, 1.807) is 48.4 Å². The molecule has 2 aromatic rings. The fraction of sp³-hybridized carbons (Fsp3) is 0.417. The van der Waals surface area contributed by atoms with Crippen molar-refractivity contribution in [3.63, 3.8) is 0 Å². The molecule has 1 N–H and O–H groups in total. The number of benzene rings is 2. The molecule has 1 heterocycles. The van der Waals surface area contributed by atoms with E-state index in [9.17, 15) is 9.59 Å². The van der Waals surface area contributed by atoms with E-state index in [0.717, 1.165) is 5.75 Å². The monoisotopic (exact) mass is 442 g/mol. The van der Waals surface area contributed by atoms with E-state index in [0.29, 0.717) is 49.8 Å². The summed E-state index contributed by atoms with van der Waals surface area (Å²) in [6, 6.07) is 14.4. The van der Waals surface area contributed by atoms with Crippen molar-refractivity contribution in [2.75, 3.05) is 40.0 Å². The fourth-order valence-electron chi connectivity index (χ4n) is 3.46. The first-order valence-corrected chi connectivity index (χ1v) is 10.8. The molecule has 172 valence electrons. The van der Waals surface area contributed by atoms with Gasteiger partial charge in [0.15, 0.2) is 24.7 Å². The van der Waals surface area contributed by atoms with Gasteiger partial charge < -0.3 is 29.2 Å². The Hall–Kier alpha value is -3.42. The SMILES string of the molecule is CCOc1ccc(OCC(=O)NC2CCN(C(=O)COc3ccccc3OC)CC2)cc1. The highest BCUT2D eigenvalue weighted by Gasteiger charge is 2.24. The largest absolute Gasteiger partial charge is 0.494 e. The summed E-state index contributed by atoms with van der Waals surface area (Å²) < 4.78 is 21.8. The smallest absolute Gasteiger partial charge is 0.260 e. The molecule has 1 fully saturated rings. The van der Waals surface area contributed by atoms with Crippen LogP contribution in [0.3, 0.4) is 0 Å². The molecule has 3 rings (SSSR count). The van der Waals surface area contributed by atoms with E-state index in [1.807, 2.05) is 19.1 Å². The number of rotatable bonds is 10. The van der Waals surface area contributed by atoms with Gasteiger partial charge in [-0.05, 0) is 56.2 Å². The minimum absolute atomic E-state index is 0.0191. The summed E-state index contributed by atoms with van der Waals surface area (Å²) in [5.41, 5.74) is 0. The third kappa shape index (κ3) is 6.80. The predicted molar refractivity (Wildman–Crippen MR) is 119 cm³/mol. The van der Waals surface area contributed by atoms with Gasteiger partial charge in [0.1, 0.15) is 11.5 Å². The maximum absolute atomic E-state index is 12.5. The maximum atomic E-state index is 12.5. The molecule has 0 unspecified atom stereocenters. The molecular formula is C24H30N2O6. The second-order valence-electron chi connectivity index (χ2n) is 7.36. The molecule has 1 aliphatic rings. The Morgan fingerprint density at radius 3 is 2.16 bits per heavy atom. The van der Waals surface area contributed by atoms with Crippen molar-refractivity contribution in [3.05, 3.63) is 48.5 Å². The molecule has 0 bridgehead atoms. The van der Waals surface area contributed by atoms with Gasteiger partial charge in [0, 0.05) is 19.1 Å². The number of amides is 2. The van der Waals surface area contributed by atoms with Gasteiger partial charge in [-0.3, -0.25) is 9.59 Å². The second kappa shape index (κ2) is 11.8. The van der Waals surface area contributed by atoms with Crippen LogP contribution in [-0.2, 0) is 9.59 Å². The van der Waals surface area contributed by atoms with Crippen LogP contribution in [0.25, 0.3) is 0 Å². The Labute approximate surface area is 188 Å². The van der Waals surface area contributed by atoms with Crippen molar-refractivity contribution in [2.24, 2.45) is 0 Å². The highest BCUT2D eigenvalue weighted by Crippen LogP contribution is 2.25. The van der Waals surface area contributed by atoms with Crippen LogP contribution in [-0.4, -0.2) is 62.8 Å². The highest BCUT2D eigenvalue weighted by atomic mass is 16.5. The number of hydrogen-bond acceptors (Lipinski definition) is 6. The Kier molecular flexibility index (Phi) is 8.60. The number of para-hydroxylation sites is 2. The Morgan fingerprint density at radius 2 is 1.53 bits per heavy atom. The topological polar surface area (TPSA) is 86.3 Å². The van der Waals surface area contributed by atoms with E-state index in [1.165, 1.54) is 0 Å². The van der Waals surface area contributed by atoms with Crippen LogP contribution in [0.5, 0.6) is 23.0 Å². The van der Waals surface area contributed by atoms with Crippen molar-refractivity contribution in [1.29, 1.82) is 0 Å². The van der Waals surface area contributed by atoms with E-state index in [4.69, 9.17) is 18.9 Å². The van der Waals surface area contributed by atoms with Gasteiger partial charge >= 0.3 is 0 Å². The maximum Gasteiger partial charge on any atom is 0.260 e. The number of methoxy groups -OCH3 is 1. The number of piperidine rings is 1. The van der Waals surface area contributed by atoms with E-state index in [-0.39, 0.29) is 31.1 Å². The summed E-state index contributed by atoms with van der Waals surface area (Å²) >= 11 is 0. The molecule has 8 heteroatoms. The third-order valence-electron chi connectivity index (χ3n) is 5.14. The second-order valence-corrected chi connectivity index (χ2v) is 7.36. The predicted octanol–water partition coefficient (Wildman–Crippen LogP) is 2.66. The van der Waals surface area contributed by atoms with E-state index in [2.05, 4.69) is 5.32 Å². The number of nitrogens with one attached hydrogen (secondary N) is 1. The van der Waals surface area contributed by atoms with Gasteiger partial charge in [0.05, 0.1) is 13.7 Å². The summed E-state index contributed by atoms with van der Waals surface area (Å²) in [4.78, 5) is 26.4. The van der Waals surface area contributed by atoms with Gasteiger partial charge in [-0.1, -0.05) is 12.1 Å². The summed E-state index contributed by atoms with van der Waals surface area (Å²) in [6.45, 7) is 3.55. The summed E-state index contributed by atoms with van der Waals surface area (Å²) in [6.07, 6.45) is 1.38. The summed E-state index contributed by atoms with van der Waals surface area (Å²) in [7, 11) is 1.56. The number of nitrogens with zero attached hydrogens (tertiary/aromatic N) is 1. The number of hydrogen-bond donors (Lipinski definition) is 1. The quantitative estimate of drug-likeness (QED) is 0.609. The van der Waals surface area contributed by atoms with Crippen molar-refractivity contribution < 1.29 is 28.5 Å². The van der Waals surface area contributed by atoms with Crippen LogP contribution in [0.1, 0.15) is 19.8 Å². The summed E-state index contributed by atoms with van der Waals surface area (Å²) in [5, 5.41) is 2.98. The lowest BCUT2D eigenvalue weighted by Crippen LogP contribution is -2.48. The van der Waals surface area contributed by atoms with Gasteiger partial charge in [-0.25, -0.2) is 0 Å². The number of likely N-dealkylation sites (tertiary alicyclic amines) is 1. The van der Waals surface area contributed by atoms with Crippen LogP contribution in [0, 0.1) is 0 Å². The van der Waals surface area contributed by atoms with Crippen LogP contribution >= 0.6 is 0 Å². The zero-order valence-electron chi connectivity index (χ0n) is 18.5. The van der Waals surface area contributed by atoms with Gasteiger partial charge in [0.25, 0.3) is 11.8 Å². The molecule has 1 aliphatic heterocycles.